The average Bonchev–Trinajstić information content (AvgIpc) is 3.25. The smallest absolute Gasteiger partial charge is 0.269 e. The Balaban J connectivity index is 1.35. The van der Waals surface area contributed by atoms with Crippen LogP contribution in [-0.2, 0) is 11.3 Å². The van der Waals surface area contributed by atoms with Crippen LogP contribution in [-0.4, -0.2) is 27.2 Å². The van der Waals surface area contributed by atoms with Gasteiger partial charge in [0.1, 0.15) is 0 Å². The average molecular weight is 379 g/mol. The van der Waals surface area contributed by atoms with Gasteiger partial charge in [-0.15, -0.1) is 0 Å². The lowest BCUT2D eigenvalue weighted by Gasteiger charge is -2.08. The van der Waals surface area contributed by atoms with E-state index in [0.29, 0.717) is 25.9 Å². The first-order valence-corrected chi connectivity index (χ1v) is 8.96. The van der Waals surface area contributed by atoms with E-state index in [-0.39, 0.29) is 11.6 Å². The number of rotatable bonds is 9. The molecule has 8 nitrogen and oxygen atoms in total. The lowest BCUT2D eigenvalue weighted by Crippen LogP contribution is -2.23. The summed E-state index contributed by atoms with van der Waals surface area (Å²) in [6.45, 7) is 1.10. The van der Waals surface area contributed by atoms with Crippen molar-refractivity contribution in [2.45, 2.75) is 19.4 Å². The predicted molar refractivity (Wildman–Crippen MR) is 106 cm³/mol. The SMILES string of the molecule is O=C(CCCNc1ccc([N+](=O)[O-])cc1)NCc1ccc(-n2cccn2)cc1. The number of carbonyl (C=O) groups is 1. The molecule has 2 N–H and O–H groups in total. The third kappa shape index (κ3) is 5.41. The van der Waals surface area contributed by atoms with Crippen molar-refractivity contribution in [2.24, 2.45) is 0 Å². The molecule has 0 aliphatic carbocycles. The molecule has 0 atom stereocenters. The summed E-state index contributed by atoms with van der Waals surface area (Å²) in [5, 5.41) is 20.9. The van der Waals surface area contributed by atoms with E-state index < -0.39 is 4.92 Å². The molecular formula is C20H21N5O3. The second kappa shape index (κ2) is 9.31. The van der Waals surface area contributed by atoms with E-state index in [9.17, 15) is 14.9 Å². The quantitative estimate of drug-likeness (QED) is 0.337. The summed E-state index contributed by atoms with van der Waals surface area (Å²) in [5.41, 5.74) is 2.84. The molecule has 2 aromatic carbocycles. The maximum Gasteiger partial charge on any atom is 0.269 e. The number of anilines is 1. The van der Waals surface area contributed by atoms with Gasteiger partial charge in [0.05, 0.1) is 10.6 Å². The zero-order valence-electron chi connectivity index (χ0n) is 15.2. The lowest BCUT2D eigenvalue weighted by molar-refractivity contribution is -0.384. The number of amides is 1. The highest BCUT2D eigenvalue weighted by molar-refractivity contribution is 5.75. The maximum absolute atomic E-state index is 12.0. The largest absolute Gasteiger partial charge is 0.385 e. The second-order valence-electron chi connectivity index (χ2n) is 6.23. The van der Waals surface area contributed by atoms with Crippen molar-refractivity contribution in [1.82, 2.24) is 15.1 Å². The number of carbonyl (C=O) groups excluding carboxylic acids is 1. The van der Waals surface area contributed by atoms with Crippen molar-refractivity contribution in [2.75, 3.05) is 11.9 Å². The van der Waals surface area contributed by atoms with Gasteiger partial charge in [-0.3, -0.25) is 14.9 Å². The van der Waals surface area contributed by atoms with Gasteiger partial charge in [0.2, 0.25) is 5.91 Å². The molecule has 0 aliphatic heterocycles. The molecule has 1 amide bonds. The van der Waals surface area contributed by atoms with E-state index in [1.165, 1.54) is 12.1 Å². The van der Waals surface area contributed by atoms with Crippen LogP contribution in [0.4, 0.5) is 11.4 Å². The Kier molecular flexibility index (Phi) is 6.35. The predicted octanol–water partition coefficient (Wildman–Crippen LogP) is 3.29. The van der Waals surface area contributed by atoms with Crippen molar-refractivity contribution < 1.29 is 9.72 Å². The molecule has 0 spiro atoms. The molecular weight excluding hydrogens is 358 g/mol. The van der Waals surface area contributed by atoms with Crippen molar-refractivity contribution in [3.05, 3.63) is 82.7 Å². The van der Waals surface area contributed by atoms with Gasteiger partial charge in [-0.1, -0.05) is 12.1 Å². The molecule has 0 aliphatic rings. The summed E-state index contributed by atoms with van der Waals surface area (Å²) in [4.78, 5) is 22.2. The summed E-state index contributed by atoms with van der Waals surface area (Å²) >= 11 is 0. The van der Waals surface area contributed by atoms with Crippen LogP contribution in [0, 0.1) is 10.1 Å². The van der Waals surface area contributed by atoms with Crippen LogP contribution >= 0.6 is 0 Å². The molecule has 3 rings (SSSR count). The minimum atomic E-state index is -0.431. The summed E-state index contributed by atoms with van der Waals surface area (Å²) in [6, 6.07) is 15.9. The van der Waals surface area contributed by atoms with Gasteiger partial charge in [0, 0.05) is 49.7 Å². The number of aromatic nitrogens is 2. The van der Waals surface area contributed by atoms with Gasteiger partial charge in [0.15, 0.2) is 0 Å². The molecule has 1 aromatic heterocycles. The number of nitrogens with zero attached hydrogens (tertiary/aromatic N) is 3. The zero-order valence-corrected chi connectivity index (χ0v) is 15.2. The van der Waals surface area contributed by atoms with Crippen LogP contribution in [0.25, 0.3) is 5.69 Å². The van der Waals surface area contributed by atoms with E-state index >= 15 is 0 Å². The molecule has 144 valence electrons. The van der Waals surface area contributed by atoms with Gasteiger partial charge in [0.25, 0.3) is 5.69 Å². The van der Waals surface area contributed by atoms with Gasteiger partial charge in [-0.2, -0.15) is 5.10 Å². The minimum absolute atomic E-state index is 0.0124. The standard InChI is InChI=1S/C20H21N5O3/c26-20(3-1-12-21-17-6-10-19(11-7-17)25(27)28)22-15-16-4-8-18(9-5-16)24-14-2-13-23-24/h2,4-11,13-14,21H,1,3,12,15H2,(H,22,26). The Morgan fingerprint density at radius 1 is 1.11 bits per heavy atom. The van der Waals surface area contributed by atoms with Crippen LogP contribution in [0.15, 0.2) is 67.0 Å². The van der Waals surface area contributed by atoms with Crippen LogP contribution in [0.1, 0.15) is 18.4 Å². The number of non-ortho nitro benzene ring substituents is 1. The van der Waals surface area contributed by atoms with E-state index in [4.69, 9.17) is 0 Å². The monoisotopic (exact) mass is 379 g/mol. The lowest BCUT2D eigenvalue weighted by atomic mass is 10.2. The molecule has 3 aromatic rings. The van der Waals surface area contributed by atoms with Crippen LogP contribution in [0.2, 0.25) is 0 Å². The fourth-order valence-electron chi connectivity index (χ4n) is 2.66. The molecule has 1 heterocycles. The normalized spacial score (nSPS) is 10.4. The van der Waals surface area contributed by atoms with Gasteiger partial charge in [-0.25, -0.2) is 4.68 Å². The van der Waals surface area contributed by atoms with Crippen molar-refractivity contribution >= 4 is 17.3 Å². The maximum atomic E-state index is 12.0. The Morgan fingerprint density at radius 3 is 2.50 bits per heavy atom. The highest BCUT2D eigenvalue weighted by Gasteiger charge is 2.05. The molecule has 0 saturated heterocycles. The number of nitrogens with one attached hydrogen (secondary N) is 2. The summed E-state index contributed by atoms with van der Waals surface area (Å²) in [7, 11) is 0. The first kappa shape index (κ1) is 19.1. The summed E-state index contributed by atoms with van der Waals surface area (Å²) in [6.07, 6.45) is 4.68. The highest BCUT2D eigenvalue weighted by atomic mass is 16.6. The Morgan fingerprint density at radius 2 is 1.86 bits per heavy atom. The third-order valence-corrected chi connectivity index (χ3v) is 4.18. The fourth-order valence-corrected chi connectivity index (χ4v) is 2.66. The minimum Gasteiger partial charge on any atom is -0.385 e. The molecule has 0 radical (unpaired) electrons. The molecule has 0 bridgehead atoms. The van der Waals surface area contributed by atoms with Crippen LogP contribution in [0.3, 0.4) is 0 Å². The van der Waals surface area contributed by atoms with Crippen molar-refractivity contribution in [1.29, 1.82) is 0 Å². The molecule has 0 fully saturated rings. The van der Waals surface area contributed by atoms with Crippen LogP contribution < -0.4 is 10.6 Å². The van der Waals surface area contributed by atoms with Crippen LogP contribution in [0.5, 0.6) is 0 Å². The third-order valence-electron chi connectivity index (χ3n) is 4.18. The summed E-state index contributed by atoms with van der Waals surface area (Å²) < 4.78 is 1.78. The van der Waals surface area contributed by atoms with Gasteiger partial charge < -0.3 is 10.6 Å². The number of hydrogen-bond donors (Lipinski definition) is 2. The van der Waals surface area contributed by atoms with E-state index in [0.717, 1.165) is 16.9 Å². The Hall–Kier alpha value is -3.68. The number of hydrogen-bond acceptors (Lipinski definition) is 5. The topological polar surface area (TPSA) is 102 Å². The zero-order chi connectivity index (χ0) is 19.8. The first-order chi connectivity index (χ1) is 13.6. The molecule has 0 saturated carbocycles. The van der Waals surface area contributed by atoms with E-state index in [1.54, 1.807) is 23.0 Å². The van der Waals surface area contributed by atoms with E-state index in [1.807, 2.05) is 36.5 Å². The van der Waals surface area contributed by atoms with Crippen molar-refractivity contribution in [3.63, 3.8) is 0 Å². The van der Waals surface area contributed by atoms with Crippen molar-refractivity contribution in [3.8, 4) is 5.69 Å². The highest BCUT2D eigenvalue weighted by Crippen LogP contribution is 2.15. The van der Waals surface area contributed by atoms with E-state index in [2.05, 4.69) is 15.7 Å². The molecule has 0 unspecified atom stereocenters. The second-order valence-corrected chi connectivity index (χ2v) is 6.23. The number of benzene rings is 2. The Labute approximate surface area is 162 Å². The molecule has 28 heavy (non-hydrogen) atoms. The Bertz CT molecular complexity index is 906. The van der Waals surface area contributed by atoms with Gasteiger partial charge >= 0.3 is 0 Å². The molecule has 8 heteroatoms. The first-order valence-electron chi connectivity index (χ1n) is 8.96. The summed E-state index contributed by atoms with van der Waals surface area (Å²) in [5.74, 6) is -0.0124. The van der Waals surface area contributed by atoms with Gasteiger partial charge in [-0.05, 0) is 42.3 Å². The number of nitro groups is 1. The number of nitro benzene ring substituents is 1. The fraction of sp³-hybridized carbons (Fsp3) is 0.200.